The number of anilines is 2. The van der Waals surface area contributed by atoms with Crippen molar-refractivity contribution in [1.29, 1.82) is 0 Å². The van der Waals surface area contributed by atoms with E-state index in [1.165, 1.54) is 78.3 Å². The van der Waals surface area contributed by atoms with Crippen LogP contribution in [0.1, 0.15) is 48.4 Å². The summed E-state index contributed by atoms with van der Waals surface area (Å²) < 4.78 is 0. The van der Waals surface area contributed by atoms with Crippen molar-refractivity contribution in [1.82, 2.24) is 0 Å². The summed E-state index contributed by atoms with van der Waals surface area (Å²) in [7, 11) is 0. The summed E-state index contributed by atoms with van der Waals surface area (Å²) in [5.41, 5.74) is 17.7. The molecule has 0 saturated heterocycles. The van der Waals surface area contributed by atoms with Crippen molar-refractivity contribution < 1.29 is 0 Å². The fourth-order valence-corrected chi connectivity index (χ4v) is 7.92. The Morgan fingerprint density at radius 3 is 2.10 bits per heavy atom. The SMILES string of the molecule is C=C/C=C\C(=C/C)c1ccc(N(C2=CC=C(c3ccccc3)C3CC23)c2cc(C3=CCCC=C3)c(-c3ccc(C)cc3)c(-c3ccccc3)c2)cc1. The molecule has 1 nitrogen and oxygen atoms in total. The maximum absolute atomic E-state index is 3.88. The van der Waals surface area contributed by atoms with Crippen LogP contribution in [0.5, 0.6) is 0 Å². The molecule has 0 spiro atoms. The molecule has 2 unspecified atom stereocenters. The van der Waals surface area contributed by atoms with Crippen LogP contribution in [0.2, 0.25) is 0 Å². The van der Waals surface area contributed by atoms with Crippen LogP contribution in [0, 0.1) is 18.8 Å². The van der Waals surface area contributed by atoms with Crippen LogP contribution in [0.15, 0.2) is 188 Å². The number of rotatable bonds is 10. The van der Waals surface area contributed by atoms with E-state index >= 15 is 0 Å². The lowest BCUT2D eigenvalue weighted by Crippen LogP contribution is -2.20. The van der Waals surface area contributed by atoms with E-state index in [0.29, 0.717) is 11.8 Å². The Morgan fingerprint density at radius 2 is 1.42 bits per heavy atom. The van der Waals surface area contributed by atoms with Crippen molar-refractivity contribution in [2.24, 2.45) is 11.8 Å². The highest BCUT2D eigenvalue weighted by atomic mass is 15.2. The van der Waals surface area contributed by atoms with Gasteiger partial charge in [-0.15, -0.1) is 0 Å². The third kappa shape index (κ3) is 6.63. The first-order valence-corrected chi connectivity index (χ1v) is 18.6. The molecule has 0 N–H and O–H groups in total. The Hall–Kier alpha value is -5.92. The van der Waals surface area contributed by atoms with Crippen LogP contribution >= 0.6 is 0 Å². The summed E-state index contributed by atoms with van der Waals surface area (Å²) in [4.78, 5) is 2.55. The third-order valence-electron chi connectivity index (χ3n) is 10.7. The van der Waals surface area contributed by atoms with E-state index in [9.17, 15) is 0 Å². The molecular formula is C51H45N. The molecule has 0 aliphatic heterocycles. The predicted octanol–water partition coefficient (Wildman–Crippen LogP) is 14.0. The number of benzene rings is 5. The number of hydrogen-bond acceptors (Lipinski definition) is 1. The zero-order chi connectivity index (χ0) is 35.4. The van der Waals surface area contributed by atoms with Gasteiger partial charge >= 0.3 is 0 Å². The van der Waals surface area contributed by atoms with Gasteiger partial charge in [-0.1, -0.05) is 158 Å². The third-order valence-corrected chi connectivity index (χ3v) is 10.7. The number of allylic oxidation sites excluding steroid dienone is 13. The second kappa shape index (κ2) is 14.7. The lowest BCUT2D eigenvalue weighted by atomic mass is 9.85. The summed E-state index contributed by atoms with van der Waals surface area (Å²) in [6.45, 7) is 8.14. The minimum absolute atomic E-state index is 0.454. The van der Waals surface area contributed by atoms with E-state index in [-0.39, 0.29) is 0 Å². The van der Waals surface area contributed by atoms with Gasteiger partial charge in [-0.05, 0) is 125 Å². The Balaban J connectivity index is 1.36. The molecule has 1 fully saturated rings. The zero-order valence-electron chi connectivity index (χ0n) is 30.2. The number of hydrogen-bond donors (Lipinski definition) is 0. The Bertz CT molecular complexity index is 2270. The molecule has 0 amide bonds. The van der Waals surface area contributed by atoms with Gasteiger partial charge in [-0.2, -0.15) is 0 Å². The highest BCUT2D eigenvalue weighted by Crippen LogP contribution is 2.57. The molecule has 3 aliphatic carbocycles. The van der Waals surface area contributed by atoms with Crippen LogP contribution in [-0.4, -0.2) is 0 Å². The number of nitrogens with zero attached hydrogens (tertiary/aromatic N) is 1. The van der Waals surface area contributed by atoms with E-state index in [1.54, 1.807) is 0 Å². The molecular weight excluding hydrogens is 627 g/mol. The van der Waals surface area contributed by atoms with Gasteiger partial charge in [-0.25, -0.2) is 0 Å². The van der Waals surface area contributed by atoms with E-state index in [0.717, 1.165) is 19.3 Å². The van der Waals surface area contributed by atoms with E-state index < -0.39 is 0 Å². The fourth-order valence-electron chi connectivity index (χ4n) is 7.92. The lowest BCUT2D eigenvalue weighted by Gasteiger charge is -2.32. The summed E-state index contributed by atoms with van der Waals surface area (Å²) in [6.07, 6.45) is 23.3. The smallest absolute Gasteiger partial charge is 0.0471 e. The average molecular weight is 672 g/mol. The van der Waals surface area contributed by atoms with Crippen LogP contribution in [-0.2, 0) is 0 Å². The molecule has 5 aromatic rings. The maximum Gasteiger partial charge on any atom is 0.0471 e. The van der Waals surface area contributed by atoms with Crippen molar-refractivity contribution in [3.63, 3.8) is 0 Å². The Morgan fingerprint density at radius 1 is 0.712 bits per heavy atom. The molecule has 254 valence electrons. The number of aryl methyl sites for hydroxylation is 1. The Kier molecular flexibility index (Phi) is 9.42. The van der Waals surface area contributed by atoms with Gasteiger partial charge < -0.3 is 4.90 Å². The quantitative estimate of drug-likeness (QED) is 0.134. The predicted molar refractivity (Wildman–Crippen MR) is 224 cm³/mol. The first-order chi connectivity index (χ1) is 25.6. The Labute approximate surface area is 309 Å². The van der Waals surface area contributed by atoms with Gasteiger partial charge in [-0.3, -0.25) is 0 Å². The van der Waals surface area contributed by atoms with Crippen LogP contribution < -0.4 is 4.90 Å². The maximum atomic E-state index is 3.88. The highest BCUT2D eigenvalue weighted by Gasteiger charge is 2.46. The molecule has 5 aromatic carbocycles. The van der Waals surface area contributed by atoms with Crippen molar-refractivity contribution in [2.45, 2.75) is 33.1 Å². The standard InChI is InChI=1S/C51H45N/c1-4-6-16-37(5-2)38-27-29-43(30-28-38)52(50-32-31-45(48-35-49(48)50)39-17-10-7-11-18-39)44-33-46(40-19-12-8-13-20-40)51(42-25-23-36(3)24-26-42)47(34-44)41-21-14-9-15-22-41/h4-8,10-14,16-34,48-49H,1,9,15,35H2,2-3H3/b16-6-,37-5+. The molecule has 0 heterocycles. The van der Waals surface area contributed by atoms with E-state index in [2.05, 4.69) is 189 Å². The fraction of sp³-hybridized carbons (Fsp3) is 0.137. The first-order valence-electron chi connectivity index (χ1n) is 18.6. The van der Waals surface area contributed by atoms with Crippen LogP contribution in [0.3, 0.4) is 0 Å². The monoisotopic (exact) mass is 671 g/mol. The largest absolute Gasteiger partial charge is 0.314 e. The van der Waals surface area contributed by atoms with Crippen LogP contribution in [0.25, 0.3) is 39.0 Å². The molecule has 2 atom stereocenters. The first kappa shape index (κ1) is 33.2. The molecule has 1 saturated carbocycles. The summed E-state index contributed by atoms with van der Waals surface area (Å²) in [6, 6.07) is 44.9. The topological polar surface area (TPSA) is 3.24 Å². The van der Waals surface area contributed by atoms with Crippen molar-refractivity contribution in [3.05, 3.63) is 211 Å². The summed E-state index contributed by atoms with van der Waals surface area (Å²) in [5.74, 6) is 0.974. The molecule has 1 heteroatoms. The molecule has 0 aromatic heterocycles. The van der Waals surface area contributed by atoms with Crippen molar-refractivity contribution in [3.8, 4) is 22.3 Å². The van der Waals surface area contributed by atoms with Crippen LogP contribution in [0.4, 0.5) is 11.4 Å². The van der Waals surface area contributed by atoms with Gasteiger partial charge in [0.05, 0.1) is 0 Å². The normalized spacial score (nSPS) is 18.0. The minimum atomic E-state index is 0.454. The molecule has 8 rings (SSSR count). The average Bonchev–Trinajstić information content (AvgIpc) is 4.02. The van der Waals surface area contributed by atoms with E-state index in [1.807, 2.05) is 12.2 Å². The second-order valence-corrected chi connectivity index (χ2v) is 14.0. The van der Waals surface area contributed by atoms with Crippen molar-refractivity contribution >= 4 is 28.1 Å². The van der Waals surface area contributed by atoms with Gasteiger partial charge in [0, 0.05) is 23.0 Å². The lowest BCUT2D eigenvalue weighted by molar-refractivity contribution is 0.881. The van der Waals surface area contributed by atoms with Gasteiger partial charge in [0.25, 0.3) is 0 Å². The van der Waals surface area contributed by atoms with Gasteiger partial charge in [0.2, 0.25) is 0 Å². The second-order valence-electron chi connectivity index (χ2n) is 14.0. The molecule has 0 bridgehead atoms. The highest BCUT2D eigenvalue weighted by molar-refractivity contribution is 5.98. The van der Waals surface area contributed by atoms with E-state index in [4.69, 9.17) is 0 Å². The molecule has 52 heavy (non-hydrogen) atoms. The zero-order valence-corrected chi connectivity index (χ0v) is 30.2. The summed E-state index contributed by atoms with van der Waals surface area (Å²) >= 11 is 0. The molecule has 3 aliphatic rings. The summed E-state index contributed by atoms with van der Waals surface area (Å²) in [5, 5.41) is 0. The molecule has 0 radical (unpaired) electrons. The minimum Gasteiger partial charge on any atom is -0.314 e. The van der Waals surface area contributed by atoms with Gasteiger partial charge in [0.1, 0.15) is 0 Å². The van der Waals surface area contributed by atoms with Crippen molar-refractivity contribution in [2.75, 3.05) is 4.90 Å². The number of fused-ring (bicyclic) bond motifs is 1. The van der Waals surface area contributed by atoms with Gasteiger partial charge in [0.15, 0.2) is 0 Å².